The number of benzene rings is 1. The molecule has 0 bridgehead atoms. The minimum absolute atomic E-state index is 0.119. The summed E-state index contributed by atoms with van der Waals surface area (Å²) < 4.78 is 55.9. The molecule has 1 N–H and O–H groups in total. The number of ether oxygens (including phenoxy) is 1. The number of nitrogens with one attached hydrogen (secondary N) is 1. The van der Waals surface area contributed by atoms with Crippen LogP contribution in [0, 0.1) is 0 Å². The van der Waals surface area contributed by atoms with Crippen LogP contribution in [-0.2, 0) is 0 Å². The molecule has 1 aromatic carbocycles. The minimum Gasteiger partial charge on any atom is -0.428 e. The summed E-state index contributed by atoms with van der Waals surface area (Å²) in [6.45, 7) is 5.20. The van der Waals surface area contributed by atoms with Gasteiger partial charge in [0.1, 0.15) is 5.75 Å². The normalized spacial score (nSPS) is 18.2. The summed E-state index contributed by atoms with van der Waals surface area (Å²) in [7, 11) is 0. The maximum atomic E-state index is 13.3. The molecule has 2 rings (SSSR count). The predicted octanol–water partition coefficient (Wildman–Crippen LogP) is 3.67. The topological polar surface area (TPSA) is 24.5 Å². The van der Waals surface area contributed by atoms with E-state index in [9.17, 15) is 17.6 Å². The second kappa shape index (κ2) is 7.97. The van der Waals surface area contributed by atoms with Gasteiger partial charge in [-0.05, 0) is 12.5 Å². The Morgan fingerprint density at radius 2 is 1.87 bits per heavy atom. The Labute approximate surface area is 133 Å². The van der Waals surface area contributed by atoms with Crippen LogP contribution >= 0.6 is 0 Å². The number of hydrogen-bond donors (Lipinski definition) is 1. The number of alkyl halides is 4. The van der Waals surface area contributed by atoms with Crippen LogP contribution in [0.15, 0.2) is 24.3 Å². The monoisotopic (exact) mass is 334 g/mol. The van der Waals surface area contributed by atoms with E-state index in [0.29, 0.717) is 5.56 Å². The molecule has 1 aromatic rings. The molecule has 0 aromatic heterocycles. The van der Waals surface area contributed by atoms with Crippen molar-refractivity contribution in [2.45, 2.75) is 38.3 Å². The van der Waals surface area contributed by atoms with Gasteiger partial charge >= 0.3 is 12.5 Å². The van der Waals surface area contributed by atoms with Crippen LogP contribution in [0.2, 0.25) is 0 Å². The summed E-state index contributed by atoms with van der Waals surface area (Å²) >= 11 is 0. The lowest BCUT2D eigenvalue weighted by atomic mass is 9.99. The summed E-state index contributed by atoms with van der Waals surface area (Å²) in [5.74, 6) is -0.171. The van der Waals surface area contributed by atoms with Gasteiger partial charge < -0.3 is 10.1 Å². The second-order valence-electron chi connectivity index (χ2n) is 5.59. The molecule has 3 nitrogen and oxygen atoms in total. The number of para-hydroxylation sites is 1. The van der Waals surface area contributed by atoms with Gasteiger partial charge in [0.15, 0.2) is 0 Å². The Balaban J connectivity index is 2.28. The lowest BCUT2D eigenvalue weighted by Gasteiger charge is -2.36. The molecule has 1 saturated heterocycles. The third kappa shape index (κ3) is 4.57. The molecule has 7 heteroatoms. The Bertz CT molecular complexity index is 493. The summed E-state index contributed by atoms with van der Waals surface area (Å²) in [5, 5.41) is 3.24. The van der Waals surface area contributed by atoms with Gasteiger partial charge in [0.25, 0.3) is 0 Å². The first-order valence-corrected chi connectivity index (χ1v) is 7.84. The van der Waals surface area contributed by atoms with Crippen LogP contribution < -0.4 is 10.1 Å². The van der Waals surface area contributed by atoms with Crippen molar-refractivity contribution in [1.29, 1.82) is 0 Å². The fraction of sp³-hybridized carbons (Fsp3) is 0.625. The molecule has 0 unspecified atom stereocenters. The summed E-state index contributed by atoms with van der Waals surface area (Å²) in [6, 6.07) is 6.12. The quantitative estimate of drug-likeness (QED) is 0.770. The first kappa shape index (κ1) is 18.0. The van der Waals surface area contributed by atoms with E-state index < -0.39 is 12.5 Å². The average molecular weight is 334 g/mol. The smallest absolute Gasteiger partial charge is 0.428 e. The van der Waals surface area contributed by atoms with Crippen molar-refractivity contribution in [3.05, 3.63) is 29.8 Å². The van der Waals surface area contributed by atoms with E-state index in [1.54, 1.807) is 12.1 Å². The molecule has 23 heavy (non-hydrogen) atoms. The summed E-state index contributed by atoms with van der Waals surface area (Å²) in [5.41, 5.74) is 0.538. The number of halogens is 4. The SMILES string of the molecule is CCC[C@@H](c1ccccc1OC(F)(F)C(F)F)N1CCNCC1. The third-order valence-electron chi connectivity index (χ3n) is 3.93. The predicted molar refractivity (Wildman–Crippen MR) is 80.1 cm³/mol. The first-order valence-electron chi connectivity index (χ1n) is 7.84. The van der Waals surface area contributed by atoms with E-state index in [1.165, 1.54) is 12.1 Å². The Kier molecular flexibility index (Phi) is 6.24. The second-order valence-corrected chi connectivity index (χ2v) is 5.59. The number of rotatable bonds is 7. The van der Waals surface area contributed by atoms with Crippen LogP contribution in [0.1, 0.15) is 31.4 Å². The molecule has 0 radical (unpaired) electrons. The van der Waals surface area contributed by atoms with Crippen LogP contribution in [0.25, 0.3) is 0 Å². The van der Waals surface area contributed by atoms with E-state index in [4.69, 9.17) is 0 Å². The van der Waals surface area contributed by atoms with Gasteiger partial charge in [-0.3, -0.25) is 4.90 Å². The fourth-order valence-corrected chi connectivity index (χ4v) is 2.84. The molecule has 1 aliphatic heterocycles. The molecular formula is C16H22F4N2O. The number of piperazine rings is 1. The Hall–Kier alpha value is -1.34. The zero-order valence-electron chi connectivity index (χ0n) is 13.1. The van der Waals surface area contributed by atoms with Crippen molar-refractivity contribution in [3.8, 4) is 5.75 Å². The van der Waals surface area contributed by atoms with E-state index in [2.05, 4.69) is 15.0 Å². The molecule has 1 heterocycles. The van der Waals surface area contributed by atoms with Crippen molar-refractivity contribution in [2.24, 2.45) is 0 Å². The highest BCUT2D eigenvalue weighted by Crippen LogP contribution is 2.36. The van der Waals surface area contributed by atoms with Gasteiger partial charge in [-0.25, -0.2) is 0 Å². The summed E-state index contributed by atoms with van der Waals surface area (Å²) in [4.78, 5) is 2.18. The number of hydrogen-bond acceptors (Lipinski definition) is 3. The van der Waals surface area contributed by atoms with Crippen molar-refractivity contribution in [2.75, 3.05) is 26.2 Å². The number of nitrogens with zero attached hydrogens (tertiary/aromatic N) is 1. The highest BCUT2D eigenvalue weighted by Gasteiger charge is 2.44. The van der Waals surface area contributed by atoms with E-state index in [1.807, 2.05) is 6.92 Å². The molecular weight excluding hydrogens is 312 g/mol. The average Bonchev–Trinajstić information content (AvgIpc) is 2.54. The maximum absolute atomic E-state index is 13.3. The van der Waals surface area contributed by atoms with Gasteiger partial charge in [-0.1, -0.05) is 31.5 Å². The van der Waals surface area contributed by atoms with Gasteiger partial charge in [0.2, 0.25) is 0 Å². The fourth-order valence-electron chi connectivity index (χ4n) is 2.84. The van der Waals surface area contributed by atoms with Gasteiger partial charge in [-0.2, -0.15) is 17.6 Å². The Morgan fingerprint density at radius 3 is 2.48 bits per heavy atom. The maximum Gasteiger partial charge on any atom is 0.461 e. The zero-order chi connectivity index (χ0) is 16.9. The lowest BCUT2D eigenvalue weighted by Crippen LogP contribution is -2.45. The molecule has 1 aliphatic rings. The van der Waals surface area contributed by atoms with Gasteiger partial charge in [0, 0.05) is 37.8 Å². The van der Waals surface area contributed by atoms with Crippen LogP contribution in [0.4, 0.5) is 17.6 Å². The standard InChI is InChI=1S/C16H22F4N2O/c1-2-5-13(22-10-8-21-9-11-22)12-6-3-4-7-14(12)23-16(19,20)15(17)18/h3-4,6-7,13,15,21H,2,5,8-11H2,1H3/t13-/m0/s1. The van der Waals surface area contributed by atoms with Crippen molar-refractivity contribution >= 4 is 0 Å². The van der Waals surface area contributed by atoms with Crippen LogP contribution in [-0.4, -0.2) is 43.6 Å². The van der Waals surface area contributed by atoms with Crippen LogP contribution in [0.3, 0.4) is 0 Å². The van der Waals surface area contributed by atoms with Crippen molar-refractivity contribution in [3.63, 3.8) is 0 Å². The van der Waals surface area contributed by atoms with Gasteiger partial charge in [-0.15, -0.1) is 0 Å². The molecule has 0 spiro atoms. The third-order valence-corrected chi connectivity index (χ3v) is 3.93. The van der Waals surface area contributed by atoms with Gasteiger partial charge in [0.05, 0.1) is 0 Å². The first-order chi connectivity index (χ1) is 11.0. The molecule has 0 amide bonds. The lowest BCUT2D eigenvalue weighted by molar-refractivity contribution is -0.253. The molecule has 1 atom stereocenters. The molecule has 0 saturated carbocycles. The van der Waals surface area contributed by atoms with Crippen LogP contribution in [0.5, 0.6) is 5.75 Å². The van der Waals surface area contributed by atoms with E-state index >= 15 is 0 Å². The van der Waals surface area contributed by atoms with Crippen molar-refractivity contribution < 1.29 is 22.3 Å². The highest BCUT2D eigenvalue weighted by molar-refractivity contribution is 5.36. The van der Waals surface area contributed by atoms with Crippen molar-refractivity contribution in [1.82, 2.24) is 10.2 Å². The molecule has 0 aliphatic carbocycles. The highest BCUT2D eigenvalue weighted by atomic mass is 19.3. The molecule has 130 valence electrons. The molecule has 1 fully saturated rings. The zero-order valence-corrected chi connectivity index (χ0v) is 13.1. The van der Waals surface area contributed by atoms with E-state index in [-0.39, 0.29) is 11.8 Å². The summed E-state index contributed by atoms with van der Waals surface area (Å²) in [6.07, 6.45) is -6.75. The van der Waals surface area contributed by atoms with E-state index in [0.717, 1.165) is 39.0 Å². The largest absolute Gasteiger partial charge is 0.461 e. The minimum atomic E-state index is -4.49. The Morgan fingerprint density at radius 1 is 1.22 bits per heavy atom.